The van der Waals surface area contributed by atoms with Gasteiger partial charge in [0.1, 0.15) is 0 Å². The average Bonchev–Trinajstić information content (AvgIpc) is 2.86. The predicted molar refractivity (Wildman–Crippen MR) is 119 cm³/mol. The Hall–Kier alpha value is -0.0400. The Kier molecular flexibility index (Phi) is 8.13. The quantitative estimate of drug-likeness (QED) is 0.501. The molecule has 1 nitrogen and oxygen atoms in total. The molecule has 9 atom stereocenters. The minimum absolute atomic E-state index is 0.806. The lowest BCUT2D eigenvalue weighted by Crippen LogP contribution is -2.37. The molecule has 9 unspecified atom stereocenters. The van der Waals surface area contributed by atoms with Gasteiger partial charge in [-0.15, -0.1) is 0 Å². The molecule has 3 aliphatic rings. The SMILES string of the molecule is CCC1C(CN)CCCCC1CC1CCC(C)C(C2CC(C)CCC2C)C1. The third-order valence-corrected chi connectivity index (χ3v) is 9.46. The van der Waals surface area contributed by atoms with E-state index in [0.717, 1.165) is 59.8 Å². The van der Waals surface area contributed by atoms with Gasteiger partial charge in [0.2, 0.25) is 0 Å². The maximum Gasteiger partial charge on any atom is -0.00461 e. The third-order valence-electron chi connectivity index (χ3n) is 9.46. The van der Waals surface area contributed by atoms with Crippen LogP contribution in [0.2, 0.25) is 0 Å². The molecule has 158 valence electrons. The number of hydrogen-bond donors (Lipinski definition) is 1. The van der Waals surface area contributed by atoms with E-state index in [1.807, 2.05) is 0 Å². The van der Waals surface area contributed by atoms with Gasteiger partial charge in [0.25, 0.3) is 0 Å². The van der Waals surface area contributed by atoms with E-state index >= 15 is 0 Å². The highest BCUT2D eigenvalue weighted by Crippen LogP contribution is 2.49. The maximum atomic E-state index is 6.20. The molecule has 27 heavy (non-hydrogen) atoms. The molecular formula is C26H49N. The molecule has 0 aliphatic heterocycles. The van der Waals surface area contributed by atoms with Crippen LogP contribution in [-0.4, -0.2) is 6.54 Å². The minimum atomic E-state index is 0.806. The fourth-order valence-electron chi connectivity index (χ4n) is 7.74. The highest BCUT2D eigenvalue weighted by molar-refractivity contribution is 4.90. The Morgan fingerprint density at radius 2 is 1.37 bits per heavy atom. The first-order valence-electron chi connectivity index (χ1n) is 12.7. The van der Waals surface area contributed by atoms with Crippen molar-refractivity contribution in [3.05, 3.63) is 0 Å². The monoisotopic (exact) mass is 375 g/mol. The van der Waals surface area contributed by atoms with Crippen molar-refractivity contribution in [2.75, 3.05) is 6.54 Å². The normalized spacial score (nSPS) is 46.8. The Balaban J connectivity index is 1.64. The van der Waals surface area contributed by atoms with Crippen molar-refractivity contribution in [3.63, 3.8) is 0 Å². The Bertz CT molecular complexity index is 432. The van der Waals surface area contributed by atoms with Gasteiger partial charge >= 0.3 is 0 Å². The second-order valence-electron chi connectivity index (χ2n) is 11.2. The van der Waals surface area contributed by atoms with E-state index in [4.69, 9.17) is 5.73 Å². The lowest BCUT2D eigenvalue weighted by atomic mass is 9.60. The molecule has 0 aromatic heterocycles. The molecule has 0 saturated heterocycles. The number of rotatable bonds is 5. The lowest BCUT2D eigenvalue weighted by Gasteiger charge is -2.46. The van der Waals surface area contributed by atoms with Crippen molar-refractivity contribution in [2.45, 2.75) is 105 Å². The van der Waals surface area contributed by atoms with Crippen LogP contribution in [0.5, 0.6) is 0 Å². The molecule has 0 spiro atoms. The summed E-state index contributed by atoms with van der Waals surface area (Å²) in [7, 11) is 0. The lowest BCUT2D eigenvalue weighted by molar-refractivity contribution is 0.0453. The third kappa shape index (κ3) is 5.31. The van der Waals surface area contributed by atoms with Crippen molar-refractivity contribution in [2.24, 2.45) is 59.0 Å². The molecular weight excluding hydrogens is 326 g/mol. The number of nitrogens with two attached hydrogens (primary N) is 1. The molecule has 3 rings (SSSR count). The standard InChI is InChI=1S/C26H49N/c1-5-24-22(8-6-7-9-23(24)17-27)15-21-13-12-20(4)26(16-21)25-14-18(2)10-11-19(25)3/h18-26H,5-17,27H2,1-4H3. The molecule has 0 aromatic carbocycles. The molecule has 1 heteroatoms. The van der Waals surface area contributed by atoms with Crippen LogP contribution in [0.4, 0.5) is 0 Å². The van der Waals surface area contributed by atoms with E-state index in [9.17, 15) is 0 Å². The summed E-state index contributed by atoms with van der Waals surface area (Å²) in [5.41, 5.74) is 6.20. The molecule has 0 radical (unpaired) electrons. The zero-order chi connectivity index (χ0) is 19.4. The fourth-order valence-corrected chi connectivity index (χ4v) is 7.74. The van der Waals surface area contributed by atoms with Gasteiger partial charge in [0.15, 0.2) is 0 Å². The predicted octanol–water partition coefficient (Wildman–Crippen LogP) is 7.29. The molecule has 0 amide bonds. The zero-order valence-corrected chi connectivity index (χ0v) is 19.0. The fraction of sp³-hybridized carbons (Fsp3) is 1.00. The first kappa shape index (κ1) is 21.7. The van der Waals surface area contributed by atoms with Gasteiger partial charge in [0, 0.05) is 0 Å². The van der Waals surface area contributed by atoms with Crippen LogP contribution >= 0.6 is 0 Å². The first-order chi connectivity index (χ1) is 13.0. The average molecular weight is 376 g/mol. The molecule has 0 heterocycles. The molecule has 3 aliphatic carbocycles. The van der Waals surface area contributed by atoms with Crippen LogP contribution in [0, 0.1) is 53.3 Å². The molecule has 0 bridgehead atoms. The van der Waals surface area contributed by atoms with Crippen molar-refractivity contribution < 1.29 is 0 Å². The van der Waals surface area contributed by atoms with Crippen LogP contribution in [-0.2, 0) is 0 Å². The van der Waals surface area contributed by atoms with E-state index in [2.05, 4.69) is 27.7 Å². The summed E-state index contributed by atoms with van der Waals surface area (Å²) in [6.07, 6.45) is 17.7. The molecule has 3 fully saturated rings. The van der Waals surface area contributed by atoms with E-state index in [0.29, 0.717) is 0 Å². The van der Waals surface area contributed by atoms with Crippen molar-refractivity contribution in [3.8, 4) is 0 Å². The molecule has 2 N–H and O–H groups in total. The number of hydrogen-bond acceptors (Lipinski definition) is 1. The summed E-state index contributed by atoms with van der Waals surface area (Å²) < 4.78 is 0. The summed E-state index contributed by atoms with van der Waals surface area (Å²) in [6.45, 7) is 11.0. The highest BCUT2D eigenvalue weighted by Gasteiger charge is 2.39. The van der Waals surface area contributed by atoms with Crippen molar-refractivity contribution >= 4 is 0 Å². The molecule has 3 saturated carbocycles. The highest BCUT2D eigenvalue weighted by atomic mass is 14.6. The zero-order valence-electron chi connectivity index (χ0n) is 19.0. The smallest absolute Gasteiger partial charge is 0.00461 e. The van der Waals surface area contributed by atoms with Gasteiger partial charge < -0.3 is 5.73 Å². The van der Waals surface area contributed by atoms with Crippen molar-refractivity contribution in [1.29, 1.82) is 0 Å². The van der Waals surface area contributed by atoms with Gasteiger partial charge in [-0.05, 0) is 85.5 Å². The molecule has 0 aromatic rings. The van der Waals surface area contributed by atoms with Gasteiger partial charge in [-0.1, -0.05) is 79.1 Å². The summed E-state index contributed by atoms with van der Waals surface area (Å²) in [4.78, 5) is 0. The maximum absolute atomic E-state index is 6.20. The van der Waals surface area contributed by atoms with E-state index < -0.39 is 0 Å². The minimum Gasteiger partial charge on any atom is -0.330 e. The van der Waals surface area contributed by atoms with E-state index in [-0.39, 0.29) is 0 Å². The Morgan fingerprint density at radius 1 is 0.741 bits per heavy atom. The van der Waals surface area contributed by atoms with Crippen LogP contribution in [0.1, 0.15) is 105 Å². The van der Waals surface area contributed by atoms with Crippen LogP contribution in [0.25, 0.3) is 0 Å². The summed E-state index contributed by atoms with van der Waals surface area (Å²) in [6, 6.07) is 0. The second-order valence-corrected chi connectivity index (χ2v) is 11.2. The van der Waals surface area contributed by atoms with Crippen molar-refractivity contribution in [1.82, 2.24) is 0 Å². The van der Waals surface area contributed by atoms with Gasteiger partial charge in [-0.25, -0.2) is 0 Å². The largest absolute Gasteiger partial charge is 0.330 e. The topological polar surface area (TPSA) is 26.0 Å². The Labute approximate surface area is 170 Å². The van der Waals surface area contributed by atoms with E-state index in [1.54, 1.807) is 6.42 Å². The summed E-state index contributed by atoms with van der Waals surface area (Å²) >= 11 is 0. The van der Waals surface area contributed by atoms with Gasteiger partial charge in [0.05, 0.1) is 0 Å². The Morgan fingerprint density at radius 3 is 2.04 bits per heavy atom. The van der Waals surface area contributed by atoms with Crippen LogP contribution < -0.4 is 5.73 Å². The summed E-state index contributed by atoms with van der Waals surface area (Å²) in [5.74, 6) is 8.61. The van der Waals surface area contributed by atoms with Gasteiger partial charge in [-0.2, -0.15) is 0 Å². The van der Waals surface area contributed by atoms with E-state index in [1.165, 1.54) is 70.6 Å². The van der Waals surface area contributed by atoms with Crippen LogP contribution in [0.15, 0.2) is 0 Å². The second kappa shape index (κ2) is 10.1. The first-order valence-corrected chi connectivity index (χ1v) is 12.7. The van der Waals surface area contributed by atoms with Crippen LogP contribution in [0.3, 0.4) is 0 Å². The van der Waals surface area contributed by atoms with Gasteiger partial charge in [-0.3, -0.25) is 0 Å². The summed E-state index contributed by atoms with van der Waals surface area (Å²) in [5, 5.41) is 0.